The van der Waals surface area contributed by atoms with Crippen LogP contribution in [0.15, 0.2) is 109 Å². The Balaban J connectivity index is 1.27. The number of amides is 1. The molecule has 5 aromatic rings. The molecule has 1 atom stereocenters. The molecule has 2 heterocycles. The van der Waals surface area contributed by atoms with Gasteiger partial charge in [0, 0.05) is 24.1 Å². The third kappa shape index (κ3) is 5.66. The summed E-state index contributed by atoms with van der Waals surface area (Å²) in [6.45, 7) is 3.38. The first-order valence-corrected chi connectivity index (χ1v) is 13.0. The van der Waals surface area contributed by atoms with Crippen molar-refractivity contribution in [2.24, 2.45) is 0 Å². The number of hydrogen-bond donors (Lipinski definition) is 1. The van der Waals surface area contributed by atoms with Gasteiger partial charge in [-0.05, 0) is 40.8 Å². The summed E-state index contributed by atoms with van der Waals surface area (Å²) >= 11 is 1.72. The molecule has 0 aliphatic rings. The lowest BCUT2D eigenvalue weighted by Crippen LogP contribution is -2.27. The van der Waals surface area contributed by atoms with Gasteiger partial charge in [0.2, 0.25) is 0 Å². The van der Waals surface area contributed by atoms with Crippen LogP contribution < -0.4 is 5.32 Å². The average Bonchev–Trinajstić information content (AvgIpc) is 3.29. The first-order chi connectivity index (χ1) is 17.7. The van der Waals surface area contributed by atoms with Crippen LogP contribution in [0.1, 0.15) is 39.9 Å². The van der Waals surface area contributed by atoms with Crippen molar-refractivity contribution in [2.75, 3.05) is 6.54 Å². The maximum absolute atomic E-state index is 12.7. The molecule has 1 amide bonds. The van der Waals surface area contributed by atoms with Crippen molar-refractivity contribution in [3.63, 3.8) is 0 Å². The van der Waals surface area contributed by atoms with Gasteiger partial charge in [-0.2, -0.15) is 0 Å². The Morgan fingerprint density at radius 2 is 1.64 bits per heavy atom. The van der Waals surface area contributed by atoms with E-state index in [1.54, 1.807) is 18.0 Å². The van der Waals surface area contributed by atoms with Gasteiger partial charge >= 0.3 is 0 Å². The molecule has 5 rings (SSSR count). The number of nitrogens with one attached hydrogen (secondary N) is 1. The van der Waals surface area contributed by atoms with Gasteiger partial charge < -0.3 is 9.88 Å². The van der Waals surface area contributed by atoms with Crippen molar-refractivity contribution >= 4 is 28.7 Å². The minimum Gasteiger partial charge on any atom is -0.351 e. The second-order valence-corrected chi connectivity index (χ2v) is 9.78. The van der Waals surface area contributed by atoms with Crippen LogP contribution in [0.4, 0.5) is 0 Å². The summed E-state index contributed by atoms with van der Waals surface area (Å²) in [5.74, 6) is 1.04. The number of fused-ring (bicyclic) bond motifs is 1. The van der Waals surface area contributed by atoms with Crippen molar-refractivity contribution in [3.8, 4) is 0 Å². The highest BCUT2D eigenvalue weighted by atomic mass is 32.2. The van der Waals surface area contributed by atoms with Gasteiger partial charge in [-0.3, -0.25) is 9.78 Å². The Morgan fingerprint density at radius 3 is 2.39 bits per heavy atom. The third-order valence-corrected chi connectivity index (χ3v) is 7.27. The van der Waals surface area contributed by atoms with Gasteiger partial charge in [-0.15, -0.1) is 0 Å². The van der Waals surface area contributed by atoms with Crippen LogP contribution in [0.2, 0.25) is 0 Å². The standard InChI is InChI=1S/C30H28N4OS/c1-22(25-10-6-3-7-11-25)18-32-29(35)26-14-12-23(13-15-26)20-34-28-19-31-17-16-27(28)33-30(34)36-21-24-8-4-2-5-9-24/h2-17,19,22H,18,20-21H2,1H3,(H,32,35)/t22-/m0/s1. The predicted molar refractivity (Wildman–Crippen MR) is 146 cm³/mol. The lowest BCUT2D eigenvalue weighted by Gasteiger charge is -2.13. The highest BCUT2D eigenvalue weighted by Gasteiger charge is 2.13. The Labute approximate surface area is 215 Å². The fourth-order valence-electron chi connectivity index (χ4n) is 4.12. The van der Waals surface area contributed by atoms with E-state index in [0.717, 1.165) is 27.5 Å². The van der Waals surface area contributed by atoms with E-state index >= 15 is 0 Å². The Morgan fingerprint density at radius 1 is 0.917 bits per heavy atom. The lowest BCUT2D eigenvalue weighted by molar-refractivity contribution is 0.0951. The van der Waals surface area contributed by atoms with Crippen molar-refractivity contribution in [3.05, 3.63) is 126 Å². The first-order valence-electron chi connectivity index (χ1n) is 12.1. The molecule has 0 spiro atoms. The maximum Gasteiger partial charge on any atom is 0.251 e. The third-order valence-electron chi connectivity index (χ3n) is 6.22. The van der Waals surface area contributed by atoms with E-state index in [4.69, 9.17) is 4.98 Å². The molecule has 0 saturated carbocycles. The monoisotopic (exact) mass is 492 g/mol. The molecule has 1 N–H and O–H groups in total. The number of nitrogens with zero attached hydrogens (tertiary/aromatic N) is 3. The molecule has 0 aliphatic heterocycles. The molecule has 36 heavy (non-hydrogen) atoms. The molecular weight excluding hydrogens is 464 g/mol. The van der Waals surface area contributed by atoms with Gasteiger partial charge in [-0.25, -0.2) is 4.98 Å². The van der Waals surface area contributed by atoms with Gasteiger partial charge in [0.1, 0.15) is 0 Å². The normalized spacial score (nSPS) is 11.9. The lowest BCUT2D eigenvalue weighted by atomic mass is 10.0. The van der Waals surface area contributed by atoms with Gasteiger partial charge in [0.25, 0.3) is 5.91 Å². The number of aromatic nitrogens is 3. The molecule has 6 heteroatoms. The van der Waals surface area contributed by atoms with Crippen LogP contribution in [0.3, 0.4) is 0 Å². The number of imidazole rings is 1. The van der Waals surface area contributed by atoms with Crippen LogP contribution in [-0.2, 0) is 12.3 Å². The average molecular weight is 493 g/mol. The molecule has 3 aromatic carbocycles. The van der Waals surface area contributed by atoms with Crippen LogP contribution in [-0.4, -0.2) is 27.0 Å². The predicted octanol–water partition coefficient (Wildman–Crippen LogP) is 6.31. The quantitative estimate of drug-likeness (QED) is 0.245. The number of carbonyl (C=O) groups is 1. The fourth-order valence-corrected chi connectivity index (χ4v) is 5.09. The van der Waals surface area contributed by atoms with E-state index in [2.05, 4.69) is 58.2 Å². The second kappa shape index (κ2) is 11.2. The number of benzene rings is 3. The summed E-state index contributed by atoms with van der Waals surface area (Å²) in [5.41, 5.74) is 6.19. The van der Waals surface area contributed by atoms with E-state index in [1.807, 2.05) is 60.8 Å². The molecule has 5 nitrogen and oxygen atoms in total. The molecule has 0 aliphatic carbocycles. The van der Waals surface area contributed by atoms with Crippen molar-refractivity contribution in [1.82, 2.24) is 19.9 Å². The van der Waals surface area contributed by atoms with Gasteiger partial charge in [-0.1, -0.05) is 91.5 Å². The smallest absolute Gasteiger partial charge is 0.251 e. The number of pyridine rings is 1. The van der Waals surface area contributed by atoms with Crippen LogP contribution in [0.5, 0.6) is 0 Å². The van der Waals surface area contributed by atoms with Crippen LogP contribution in [0, 0.1) is 0 Å². The van der Waals surface area contributed by atoms with Crippen molar-refractivity contribution in [1.29, 1.82) is 0 Å². The van der Waals surface area contributed by atoms with Crippen LogP contribution >= 0.6 is 11.8 Å². The number of hydrogen-bond acceptors (Lipinski definition) is 4. The highest BCUT2D eigenvalue weighted by Crippen LogP contribution is 2.27. The maximum atomic E-state index is 12.7. The first kappa shape index (κ1) is 23.8. The minimum atomic E-state index is -0.0549. The molecule has 2 aromatic heterocycles. The van der Waals surface area contributed by atoms with Crippen molar-refractivity contribution < 1.29 is 4.79 Å². The highest BCUT2D eigenvalue weighted by molar-refractivity contribution is 7.98. The zero-order chi connectivity index (χ0) is 24.7. The number of thioether (sulfide) groups is 1. The van der Waals surface area contributed by atoms with Gasteiger partial charge in [0.05, 0.1) is 23.8 Å². The summed E-state index contributed by atoms with van der Waals surface area (Å²) in [4.78, 5) is 21.9. The van der Waals surface area contributed by atoms with Crippen LogP contribution in [0.25, 0.3) is 11.0 Å². The Hall–Kier alpha value is -3.90. The van der Waals surface area contributed by atoms with Crippen molar-refractivity contribution in [2.45, 2.75) is 30.3 Å². The van der Waals surface area contributed by atoms with E-state index in [0.29, 0.717) is 18.7 Å². The van der Waals surface area contributed by atoms with E-state index in [1.165, 1.54) is 11.1 Å². The molecule has 180 valence electrons. The zero-order valence-corrected chi connectivity index (χ0v) is 21.0. The summed E-state index contributed by atoms with van der Waals surface area (Å²) in [6, 6.07) is 30.4. The van der Waals surface area contributed by atoms with E-state index in [9.17, 15) is 4.79 Å². The molecule has 0 saturated heterocycles. The zero-order valence-electron chi connectivity index (χ0n) is 20.2. The Bertz CT molecular complexity index is 1430. The summed E-state index contributed by atoms with van der Waals surface area (Å²) in [7, 11) is 0. The largest absolute Gasteiger partial charge is 0.351 e. The number of carbonyl (C=O) groups excluding carboxylic acids is 1. The molecule has 0 bridgehead atoms. The Kier molecular flexibility index (Phi) is 7.43. The van der Waals surface area contributed by atoms with E-state index in [-0.39, 0.29) is 11.8 Å². The number of rotatable bonds is 9. The minimum absolute atomic E-state index is 0.0549. The molecule has 0 fully saturated rings. The summed E-state index contributed by atoms with van der Waals surface area (Å²) < 4.78 is 2.20. The molecular formula is C30H28N4OS. The summed E-state index contributed by atoms with van der Waals surface area (Å²) in [5, 5.41) is 4.02. The molecule has 0 unspecified atom stereocenters. The van der Waals surface area contributed by atoms with E-state index < -0.39 is 0 Å². The second-order valence-electron chi connectivity index (χ2n) is 8.84. The molecule has 0 radical (unpaired) electrons. The van der Waals surface area contributed by atoms with Gasteiger partial charge in [0.15, 0.2) is 5.16 Å². The SMILES string of the molecule is C[C@@H](CNC(=O)c1ccc(Cn2c(SCc3ccccc3)nc3ccncc32)cc1)c1ccccc1. The fraction of sp³-hybridized carbons (Fsp3) is 0.167. The topological polar surface area (TPSA) is 59.8 Å². The summed E-state index contributed by atoms with van der Waals surface area (Å²) in [6.07, 6.45) is 3.64.